The number of nitrogens with one attached hydrogen (secondary N) is 2. The minimum absolute atomic E-state index is 0.156. The Kier molecular flexibility index (Phi) is 2.24. The van der Waals surface area contributed by atoms with Crippen molar-refractivity contribution < 1.29 is 9.13 Å². The number of hydrogen-bond donors (Lipinski definition) is 2. The molecule has 0 amide bonds. The number of benzene rings is 1. The van der Waals surface area contributed by atoms with Crippen molar-refractivity contribution in [2.45, 2.75) is 13.0 Å². The Morgan fingerprint density at radius 3 is 3.06 bits per heavy atom. The summed E-state index contributed by atoms with van der Waals surface area (Å²) in [5, 5.41) is 6.72. The van der Waals surface area contributed by atoms with Crippen LogP contribution in [0.4, 0.5) is 15.8 Å². The largest absolute Gasteiger partial charge is 0.383 e. The summed E-state index contributed by atoms with van der Waals surface area (Å²) in [7, 11) is 0. The van der Waals surface area contributed by atoms with Gasteiger partial charge in [0.15, 0.2) is 0 Å². The first-order chi connectivity index (χ1) is 7.74. The number of anilines is 2. The molecule has 1 fully saturated rings. The highest BCUT2D eigenvalue weighted by atomic mass is 19.1. The van der Waals surface area contributed by atoms with E-state index in [9.17, 15) is 4.39 Å². The zero-order chi connectivity index (χ0) is 11.1. The van der Waals surface area contributed by atoms with E-state index in [4.69, 9.17) is 4.74 Å². The highest BCUT2D eigenvalue weighted by molar-refractivity contribution is 5.71. The van der Waals surface area contributed by atoms with Gasteiger partial charge in [0, 0.05) is 12.5 Å². The smallest absolute Gasteiger partial charge is 0.128 e. The van der Waals surface area contributed by atoms with Gasteiger partial charge in [0.25, 0.3) is 0 Å². The summed E-state index contributed by atoms with van der Waals surface area (Å²) in [5.41, 5.74) is 2.51. The van der Waals surface area contributed by atoms with E-state index < -0.39 is 0 Å². The third-order valence-electron chi connectivity index (χ3n) is 3.39. The Morgan fingerprint density at radius 1 is 1.31 bits per heavy atom. The predicted molar refractivity (Wildman–Crippen MR) is 61.3 cm³/mol. The predicted octanol–water partition coefficient (Wildman–Crippen LogP) is 1.99. The minimum atomic E-state index is -0.156. The van der Waals surface area contributed by atoms with Gasteiger partial charge in [-0.3, -0.25) is 0 Å². The summed E-state index contributed by atoms with van der Waals surface area (Å²) in [6, 6.07) is 3.77. The standard InChI is InChI=1S/C12H15FN2O/c1-7-2-11-10(3-9(7)13)14-4-8-5-16-6-12(8)15-11/h2-3,8,12,14-15H,4-6H2,1H3. The average molecular weight is 222 g/mol. The number of fused-ring (bicyclic) bond motifs is 2. The molecular weight excluding hydrogens is 207 g/mol. The summed E-state index contributed by atoms with van der Waals surface area (Å²) >= 11 is 0. The van der Waals surface area contributed by atoms with Gasteiger partial charge < -0.3 is 15.4 Å². The molecule has 86 valence electrons. The maximum Gasteiger partial charge on any atom is 0.128 e. The van der Waals surface area contributed by atoms with E-state index in [1.54, 1.807) is 13.0 Å². The fourth-order valence-corrected chi connectivity index (χ4v) is 2.35. The van der Waals surface area contributed by atoms with Gasteiger partial charge in [-0.1, -0.05) is 0 Å². The molecule has 1 saturated heterocycles. The molecule has 2 unspecified atom stereocenters. The Labute approximate surface area is 94.0 Å². The van der Waals surface area contributed by atoms with Crippen molar-refractivity contribution in [3.8, 4) is 0 Å². The molecule has 3 nitrogen and oxygen atoms in total. The number of aryl methyl sites for hydroxylation is 1. The summed E-state index contributed by atoms with van der Waals surface area (Å²) in [6.07, 6.45) is 0. The first-order valence-corrected chi connectivity index (χ1v) is 5.62. The van der Waals surface area contributed by atoms with Crippen molar-refractivity contribution >= 4 is 11.4 Å². The van der Waals surface area contributed by atoms with Crippen LogP contribution in [0.2, 0.25) is 0 Å². The highest BCUT2D eigenvalue weighted by Gasteiger charge is 2.31. The lowest BCUT2D eigenvalue weighted by molar-refractivity contribution is 0.186. The lowest BCUT2D eigenvalue weighted by atomic mass is 10.0. The second-order valence-corrected chi connectivity index (χ2v) is 4.58. The summed E-state index contributed by atoms with van der Waals surface area (Å²) in [6.45, 7) is 4.14. The molecule has 0 aliphatic carbocycles. The minimum Gasteiger partial charge on any atom is -0.383 e. The summed E-state index contributed by atoms with van der Waals surface area (Å²) in [5.74, 6) is 0.312. The van der Waals surface area contributed by atoms with E-state index >= 15 is 0 Å². The monoisotopic (exact) mass is 222 g/mol. The van der Waals surface area contributed by atoms with Crippen LogP contribution in [0.1, 0.15) is 5.56 Å². The van der Waals surface area contributed by atoms with Crippen LogP contribution in [0.5, 0.6) is 0 Å². The fraction of sp³-hybridized carbons (Fsp3) is 0.500. The zero-order valence-electron chi connectivity index (χ0n) is 9.22. The van der Waals surface area contributed by atoms with Crippen molar-refractivity contribution in [1.29, 1.82) is 0 Å². The second kappa shape index (κ2) is 3.63. The molecule has 3 rings (SSSR count). The average Bonchev–Trinajstić information content (AvgIpc) is 2.63. The van der Waals surface area contributed by atoms with Crippen LogP contribution in [-0.2, 0) is 4.74 Å². The SMILES string of the molecule is Cc1cc2c(cc1F)NCC1COCC1N2. The van der Waals surface area contributed by atoms with Gasteiger partial charge in [-0.25, -0.2) is 4.39 Å². The number of ether oxygens (including phenoxy) is 1. The molecule has 1 aromatic carbocycles. The van der Waals surface area contributed by atoms with Crippen LogP contribution in [-0.4, -0.2) is 25.8 Å². The van der Waals surface area contributed by atoms with Crippen molar-refractivity contribution in [3.05, 3.63) is 23.5 Å². The van der Waals surface area contributed by atoms with E-state index in [0.717, 1.165) is 31.1 Å². The van der Waals surface area contributed by atoms with E-state index in [2.05, 4.69) is 10.6 Å². The Balaban J connectivity index is 1.97. The van der Waals surface area contributed by atoms with Crippen LogP contribution in [0.3, 0.4) is 0 Å². The van der Waals surface area contributed by atoms with Crippen molar-refractivity contribution in [2.75, 3.05) is 30.4 Å². The molecule has 0 saturated carbocycles. The zero-order valence-corrected chi connectivity index (χ0v) is 9.22. The second-order valence-electron chi connectivity index (χ2n) is 4.58. The van der Waals surface area contributed by atoms with Crippen LogP contribution in [0.25, 0.3) is 0 Å². The van der Waals surface area contributed by atoms with E-state index in [0.29, 0.717) is 17.5 Å². The Hall–Kier alpha value is -1.29. The molecule has 0 bridgehead atoms. The fourth-order valence-electron chi connectivity index (χ4n) is 2.35. The normalized spacial score (nSPS) is 27.4. The molecule has 16 heavy (non-hydrogen) atoms. The lowest BCUT2D eigenvalue weighted by Crippen LogP contribution is -2.29. The van der Waals surface area contributed by atoms with Crippen molar-refractivity contribution in [1.82, 2.24) is 0 Å². The quantitative estimate of drug-likeness (QED) is 0.704. The molecule has 0 spiro atoms. The third kappa shape index (κ3) is 1.53. The van der Waals surface area contributed by atoms with E-state index in [1.165, 1.54) is 0 Å². The van der Waals surface area contributed by atoms with Crippen LogP contribution >= 0.6 is 0 Å². The van der Waals surface area contributed by atoms with Crippen LogP contribution in [0.15, 0.2) is 12.1 Å². The van der Waals surface area contributed by atoms with Crippen LogP contribution in [0, 0.1) is 18.7 Å². The van der Waals surface area contributed by atoms with Gasteiger partial charge in [-0.05, 0) is 24.6 Å². The highest BCUT2D eigenvalue weighted by Crippen LogP contribution is 2.31. The summed E-state index contributed by atoms with van der Waals surface area (Å²) in [4.78, 5) is 0. The van der Waals surface area contributed by atoms with Crippen molar-refractivity contribution in [3.63, 3.8) is 0 Å². The third-order valence-corrected chi connectivity index (χ3v) is 3.39. The molecule has 4 heteroatoms. The molecule has 2 aliphatic rings. The lowest BCUT2D eigenvalue weighted by Gasteiger charge is -2.15. The Morgan fingerprint density at radius 2 is 2.19 bits per heavy atom. The molecular formula is C12H15FN2O. The molecule has 2 N–H and O–H groups in total. The molecule has 0 aromatic heterocycles. The van der Waals surface area contributed by atoms with E-state index in [1.807, 2.05) is 6.07 Å². The van der Waals surface area contributed by atoms with Gasteiger partial charge in [0.1, 0.15) is 5.82 Å². The molecule has 1 aromatic rings. The van der Waals surface area contributed by atoms with Crippen molar-refractivity contribution in [2.24, 2.45) is 5.92 Å². The Bertz CT molecular complexity index is 422. The van der Waals surface area contributed by atoms with E-state index in [-0.39, 0.29) is 5.82 Å². The number of rotatable bonds is 0. The first kappa shape index (κ1) is 9.90. The van der Waals surface area contributed by atoms with Crippen LogP contribution < -0.4 is 10.6 Å². The number of halogens is 1. The molecule has 2 atom stereocenters. The van der Waals surface area contributed by atoms with Gasteiger partial charge in [-0.2, -0.15) is 0 Å². The molecule has 0 radical (unpaired) electrons. The molecule has 2 aliphatic heterocycles. The number of hydrogen-bond acceptors (Lipinski definition) is 3. The summed E-state index contributed by atoms with van der Waals surface area (Å²) < 4.78 is 18.9. The van der Waals surface area contributed by atoms with Gasteiger partial charge in [0.05, 0.1) is 30.6 Å². The molecule has 2 heterocycles. The topological polar surface area (TPSA) is 33.3 Å². The maximum atomic E-state index is 13.4. The van der Waals surface area contributed by atoms with Gasteiger partial charge >= 0.3 is 0 Å². The van der Waals surface area contributed by atoms with Gasteiger partial charge in [-0.15, -0.1) is 0 Å². The van der Waals surface area contributed by atoms with Gasteiger partial charge in [0.2, 0.25) is 0 Å². The maximum absolute atomic E-state index is 13.4. The first-order valence-electron chi connectivity index (χ1n) is 5.62.